The molecule has 0 heterocycles. The molecule has 1 aromatic rings. The average Bonchev–Trinajstić information content (AvgIpc) is 2.32. The van der Waals surface area contributed by atoms with E-state index in [0.29, 0.717) is 6.61 Å². The minimum atomic E-state index is -0.515. The summed E-state index contributed by atoms with van der Waals surface area (Å²) in [7, 11) is 0. The van der Waals surface area contributed by atoms with Gasteiger partial charge in [0.1, 0.15) is 0 Å². The Morgan fingerprint density at radius 1 is 1.37 bits per heavy atom. The Kier molecular flexibility index (Phi) is 4.58. The predicted octanol–water partition coefficient (Wildman–Crippen LogP) is 4.85. The van der Waals surface area contributed by atoms with Crippen molar-refractivity contribution >= 4 is 44.8 Å². The van der Waals surface area contributed by atoms with Gasteiger partial charge in [0.05, 0.1) is 21.6 Å². The van der Waals surface area contributed by atoms with Crippen molar-refractivity contribution in [3.05, 3.63) is 32.3 Å². The van der Waals surface area contributed by atoms with E-state index in [9.17, 15) is 10.1 Å². The molecule has 19 heavy (non-hydrogen) atoms. The first-order chi connectivity index (χ1) is 8.97. The number of halogens is 3. The SMILES string of the molecule is O=[N+]([O-])c1cc(Cl)c(Cl)cc1OCC1(CBr)CCC1. The number of nitro groups is 1. The lowest BCUT2D eigenvalue weighted by molar-refractivity contribution is -0.386. The second-order valence-corrected chi connectivity index (χ2v) is 6.14. The third kappa shape index (κ3) is 3.15. The molecule has 1 aromatic carbocycles. The molecule has 0 saturated heterocycles. The summed E-state index contributed by atoms with van der Waals surface area (Å²) in [5, 5.41) is 12.2. The summed E-state index contributed by atoms with van der Waals surface area (Å²) < 4.78 is 5.62. The Morgan fingerprint density at radius 3 is 2.47 bits per heavy atom. The fourth-order valence-electron chi connectivity index (χ4n) is 2.00. The second kappa shape index (κ2) is 5.85. The third-order valence-electron chi connectivity index (χ3n) is 3.43. The smallest absolute Gasteiger partial charge is 0.312 e. The van der Waals surface area contributed by atoms with Gasteiger partial charge in [0.2, 0.25) is 0 Å². The Labute approximate surface area is 129 Å². The predicted molar refractivity (Wildman–Crippen MR) is 78.7 cm³/mol. The standard InChI is InChI=1S/C12H12BrCl2NO3/c13-6-12(2-1-3-12)7-19-11-5-9(15)8(14)4-10(11)16(17)18/h4-5H,1-3,6-7H2. The number of alkyl halides is 1. The molecule has 1 saturated carbocycles. The van der Waals surface area contributed by atoms with E-state index in [-0.39, 0.29) is 26.9 Å². The maximum atomic E-state index is 11.0. The van der Waals surface area contributed by atoms with Gasteiger partial charge in [0.15, 0.2) is 5.75 Å². The number of nitro benzene ring substituents is 1. The van der Waals surface area contributed by atoms with Crippen molar-refractivity contribution in [2.75, 3.05) is 11.9 Å². The Bertz CT molecular complexity index is 500. The van der Waals surface area contributed by atoms with Gasteiger partial charge in [-0.3, -0.25) is 10.1 Å². The zero-order valence-corrected chi connectivity index (χ0v) is 13.1. The van der Waals surface area contributed by atoms with Gasteiger partial charge in [-0.25, -0.2) is 0 Å². The number of nitrogens with zero attached hydrogens (tertiary/aromatic N) is 1. The van der Waals surface area contributed by atoms with Crippen LogP contribution in [0.5, 0.6) is 5.75 Å². The van der Waals surface area contributed by atoms with E-state index in [2.05, 4.69) is 15.9 Å². The lowest BCUT2D eigenvalue weighted by Gasteiger charge is -2.39. The maximum absolute atomic E-state index is 11.0. The van der Waals surface area contributed by atoms with Crippen LogP contribution < -0.4 is 4.74 Å². The first-order valence-corrected chi connectivity index (χ1v) is 7.67. The number of hydrogen-bond donors (Lipinski definition) is 0. The summed E-state index contributed by atoms with van der Waals surface area (Å²) in [6.45, 7) is 0.442. The fraction of sp³-hybridized carbons (Fsp3) is 0.500. The lowest BCUT2D eigenvalue weighted by Crippen LogP contribution is -2.37. The van der Waals surface area contributed by atoms with E-state index >= 15 is 0 Å². The summed E-state index contributed by atoms with van der Waals surface area (Å²) in [4.78, 5) is 10.5. The summed E-state index contributed by atoms with van der Waals surface area (Å²) in [5.41, 5.74) is -0.0709. The highest BCUT2D eigenvalue weighted by atomic mass is 79.9. The van der Waals surface area contributed by atoms with Crippen LogP contribution in [0.25, 0.3) is 0 Å². The van der Waals surface area contributed by atoms with Gasteiger partial charge in [0, 0.05) is 22.9 Å². The van der Waals surface area contributed by atoms with E-state index in [0.717, 1.165) is 18.2 Å². The molecule has 7 heteroatoms. The Morgan fingerprint density at radius 2 is 2.00 bits per heavy atom. The minimum absolute atomic E-state index is 0.0833. The summed E-state index contributed by atoms with van der Waals surface area (Å²) >= 11 is 15.1. The summed E-state index contributed by atoms with van der Waals surface area (Å²) in [6, 6.07) is 2.63. The van der Waals surface area contributed by atoms with E-state index in [1.54, 1.807) is 0 Å². The van der Waals surface area contributed by atoms with Crippen LogP contribution in [0.1, 0.15) is 19.3 Å². The molecule has 0 amide bonds. The van der Waals surface area contributed by atoms with E-state index in [1.807, 2.05) is 0 Å². The van der Waals surface area contributed by atoms with Crippen LogP contribution in [-0.2, 0) is 0 Å². The fourth-order valence-corrected chi connectivity index (χ4v) is 3.03. The monoisotopic (exact) mass is 367 g/mol. The number of ether oxygens (including phenoxy) is 1. The van der Waals surface area contributed by atoms with Gasteiger partial charge >= 0.3 is 5.69 Å². The number of hydrogen-bond acceptors (Lipinski definition) is 3. The quantitative estimate of drug-likeness (QED) is 0.424. The number of rotatable bonds is 5. The van der Waals surface area contributed by atoms with Crippen molar-refractivity contribution in [1.29, 1.82) is 0 Å². The molecule has 1 fully saturated rings. The molecular weight excluding hydrogens is 357 g/mol. The lowest BCUT2D eigenvalue weighted by atomic mass is 9.71. The van der Waals surface area contributed by atoms with Crippen LogP contribution in [0, 0.1) is 15.5 Å². The van der Waals surface area contributed by atoms with Crippen molar-refractivity contribution in [3.8, 4) is 5.75 Å². The third-order valence-corrected chi connectivity index (χ3v) is 5.34. The second-order valence-electron chi connectivity index (χ2n) is 4.77. The van der Waals surface area contributed by atoms with Crippen LogP contribution >= 0.6 is 39.1 Å². The van der Waals surface area contributed by atoms with Crippen LogP contribution in [-0.4, -0.2) is 16.9 Å². The van der Waals surface area contributed by atoms with Crippen molar-refractivity contribution < 1.29 is 9.66 Å². The molecule has 1 aliphatic rings. The molecule has 0 spiro atoms. The highest BCUT2D eigenvalue weighted by Crippen LogP contribution is 2.44. The molecule has 0 unspecified atom stereocenters. The van der Waals surface area contributed by atoms with Crippen molar-refractivity contribution in [3.63, 3.8) is 0 Å². The molecule has 0 N–H and O–H groups in total. The molecule has 0 aliphatic heterocycles. The van der Waals surface area contributed by atoms with Crippen molar-refractivity contribution in [1.82, 2.24) is 0 Å². The Balaban J connectivity index is 2.19. The highest BCUT2D eigenvalue weighted by molar-refractivity contribution is 9.09. The van der Waals surface area contributed by atoms with Gasteiger partial charge in [-0.05, 0) is 12.8 Å². The van der Waals surface area contributed by atoms with E-state index in [1.165, 1.54) is 18.6 Å². The minimum Gasteiger partial charge on any atom is -0.486 e. The first kappa shape index (κ1) is 14.9. The zero-order chi connectivity index (χ0) is 14.0. The normalized spacial score (nSPS) is 16.8. The zero-order valence-electron chi connectivity index (χ0n) is 10.00. The van der Waals surface area contributed by atoms with Gasteiger partial charge < -0.3 is 4.74 Å². The first-order valence-electron chi connectivity index (χ1n) is 5.80. The topological polar surface area (TPSA) is 52.4 Å². The van der Waals surface area contributed by atoms with Crippen LogP contribution in [0.3, 0.4) is 0 Å². The maximum Gasteiger partial charge on any atom is 0.312 e. The summed E-state index contributed by atoms with van der Waals surface area (Å²) in [6.07, 6.45) is 3.29. The van der Waals surface area contributed by atoms with Crippen LogP contribution in [0.2, 0.25) is 10.0 Å². The largest absolute Gasteiger partial charge is 0.486 e. The van der Waals surface area contributed by atoms with Crippen molar-refractivity contribution in [2.45, 2.75) is 19.3 Å². The highest BCUT2D eigenvalue weighted by Gasteiger charge is 2.37. The van der Waals surface area contributed by atoms with Gasteiger partial charge in [-0.2, -0.15) is 0 Å². The van der Waals surface area contributed by atoms with Crippen LogP contribution in [0.15, 0.2) is 12.1 Å². The molecule has 4 nitrogen and oxygen atoms in total. The molecule has 2 rings (SSSR count). The molecule has 0 aromatic heterocycles. The molecule has 0 bridgehead atoms. The molecule has 104 valence electrons. The summed E-state index contributed by atoms with van der Waals surface area (Å²) in [5.74, 6) is 0.173. The van der Waals surface area contributed by atoms with E-state index in [4.69, 9.17) is 27.9 Å². The van der Waals surface area contributed by atoms with Gasteiger partial charge in [0.25, 0.3) is 0 Å². The molecule has 0 radical (unpaired) electrons. The Hall–Kier alpha value is -0.520. The molecule has 1 aliphatic carbocycles. The molecule has 0 atom stereocenters. The van der Waals surface area contributed by atoms with E-state index < -0.39 is 4.92 Å². The van der Waals surface area contributed by atoms with Crippen molar-refractivity contribution in [2.24, 2.45) is 5.41 Å². The number of benzene rings is 1. The van der Waals surface area contributed by atoms with Crippen LogP contribution in [0.4, 0.5) is 5.69 Å². The van der Waals surface area contributed by atoms with Gasteiger partial charge in [-0.1, -0.05) is 45.6 Å². The molecular formula is C12H12BrCl2NO3. The average molecular weight is 369 g/mol. The van der Waals surface area contributed by atoms with Gasteiger partial charge in [-0.15, -0.1) is 0 Å².